The Morgan fingerprint density at radius 1 is 1.37 bits per heavy atom. The lowest BCUT2D eigenvalue weighted by Gasteiger charge is -2.06. The number of nitrogens with one attached hydrogen (secondary N) is 1. The maximum Gasteiger partial charge on any atom is 0.255 e. The molecule has 1 N–H and O–H groups in total. The van der Waals surface area contributed by atoms with Crippen LogP contribution in [0.15, 0.2) is 30.5 Å². The predicted octanol–water partition coefficient (Wildman–Crippen LogP) is 2.38. The third kappa shape index (κ3) is 2.93. The molecule has 2 aromatic rings. The predicted molar refractivity (Wildman–Crippen MR) is 73.5 cm³/mol. The molecule has 0 radical (unpaired) electrons. The third-order valence-electron chi connectivity index (χ3n) is 2.91. The van der Waals surface area contributed by atoms with E-state index >= 15 is 0 Å². The molecule has 0 aliphatic heterocycles. The lowest BCUT2D eigenvalue weighted by molar-refractivity contribution is 0.102. The molecule has 0 bridgehead atoms. The van der Waals surface area contributed by atoms with Crippen molar-refractivity contribution in [2.75, 3.05) is 11.9 Å². The van der Waals surface area contributed by atoms with Crippen molar-refractivity contribution in [1.82, 2.24) is 9.78 Å². The number of hydrogen-bond donors (Lipinski definition) is 1. The summed E-state index contributed by atoms with van der Waals surface area (Å²) >= 11 is 0. The van der Waals surface area contributed by atoms with Crippen molar-refractivity contribution in [2.45, 2.75) is 13.8 Å². The molecular weight excluding hydrogens is 242 g/mol. The Morgan fingerprint density at radius 3 is 2.58 bits per heavy atom. The normalized spacial score (nSPS) is 10.3. The van der Waals surface area contributed by atoms with E-state index in [0.717, 1.165) is 17.1 Å². The molecule has 5 heteroatoms. The number of amides is 1. The van der Waals surface area contributed by atoms with Gasteiger partial charge in [0.15, 0.2) is 0 Å². The van der Waals surface area contributed by atoms with Gasteiger partial charge in [0.2, 0.25) is 0 Å². The van der Waals surface area contributed by atoms with Gasteiger partial charge in [0.1, 0.15) is 5.75 Å². The van der Waals surface area contributed by atoms with Crippen molar-refractivity contribution in [3.63, 3.8) is 0 Å². The van der Waals surface area contributed by atoms with Gasteiger partial charge in [-0.05, 0) is 38.1 Å². The van der Waals surface area contributed by atoms with Crippen molar-refractivity contribution in [3.05, 3.63) is 41.7 Å². The second-order valence-corrected chi connectivity index (χ2v) is 4.18. The van der Waals surface area contributed by atoms with E-state index < -0.39 is 0 Å². The van der Waals surface area contributed by atoms with Crippen LogP contribution in [0.1, 0.15) is 23.0 Å². The van der Waals surface area contributed by atoms with E-state index in [1.807, 2.05) is 20.9 Å². The van der Waals surface area contributed by atoms with Gasteiger partial charge >= 0.3 is 0 Å². The molecule has 0 spiro atoms. The zero-order valence-corrected chi connectivity index (χ0v) is 11.3. The van der Waals surface area contributed by atoms with Gasteiger partial charge in [0, 0.05) is 12.6 Å². The molecule has 0 aliphatic rings. The van der Waals surface area contributed by atoms with Gasteiger partial charge in [0.05, 0.1) is 24.2 Å². The topological polar surface area (TPSA) is 56.1 Å². The number of benzene rings is 1. The molecule has 0 saturated heterocycles. The van der Waals surface area contributed by atoms with Crippen molar-refractivity contribution >= 4 is 11.6 Å². The first-order valence-corrected chi connectivity index (χ1v) is 6.14. The number of aromatic nitrogens is 2. The highest BCUT2D eigenvalue weighted by molar-refractivity contribution is 6.04. The fourth-order valence-electron chi connectivity index (χ4n) is 1.69. The molecule has 1 aromatic carbocycles. The lowest BCUT2D eigenvalue weighted by atomic mass is 10.2. The molecule has 5 nitrogen and oxygen atoms in total. The van der Waals surface area contributed by atoms with Gasteiger partial charge < -0.3 is 10.1 Å². The Hall–Kier alpha value is -2.30. The Labute approximate surface area is 112 Å². The average Bonchev–Trinajstić information content (AvgIpc) is 2.72. The number of carbonyl (C=O) groups excluding carboxylic acids is 1. The molecule has 0 aliphatic carbocycles. The maximum atomic E-state index is 12.1. The Kier molecular flexibility index (Phi) is 3.85. The van der Waals surface area contributed by atoms with Gasteiger partial charge in [0.25, 0.3) is 5.91 Å². The average molecular weight is 259 g/mol. The van der Waals surface area contributed by atoms with Crippen LogP contribution >= 0.6 is 0 Å². The molecule has 0 saturated carbocycles. The molecule has 2 rings (SSSR count). The van der Waals surface area contributed by atoms with Crippen molar-refractivity contribution in [1.29, 1.82) is 0 Å². The summed E-state index contributed by atoms with van der Waals surface area (Å²) in [5.74, 6) is 0.607. The number of carbonyl (C=O) groups is 1. The molecule has 1 amide bonds. The number of hydrogen-bond acceptors (Lipinski definition) is 3. The first-order chi connectivity index (χ1) is 9.11. The summed E-state index contributed by atoms with van der Waals surface area (Å²) in [5, 5.41) is 6.92. The van der Waals surface area contributed by atoms with Gasteiger partial charge in [-0.15, -0.1) is 0 Å². The molecule has 1 heterocycles. The first-order valence-electron chi connectivity index (χ1n) is 6.14. The number of ether oxygens (including phenoxy) is 1. The summed E-state index contributed by atoms with van der Waals surface area (Å²) in [5.41, 5.74) is 2.23. The van der Waals surface area contributed by atoms with Crippen molar-refractivity contribution in [3.8, 4) is 5.75 Å². The van der Waals surface area contributed by atoms with E-state index in [0.29, 0.717) is 12.2 Å². The van der Waals surface area contributed by atoms with Gasteiger partial charge in [-0.25, -0.2) is 0 Å². The van der Waals surface area contributed by atoms with Crippen LogP contribution in [0.2, 0.25) is 0 Å². The largest absolute Gasteiger partial charge is 0.494 e. The zero-order chi connectivity index (χ0) is 13.8. The van der Waals surface area contributed by atoms with E-state index in [1.54, 1.807) is 35.1 Å². The number of nitrogens with zero attached hydrogens (tertiary/aromatic N) is 2. The summed E-state index contributed by atoms with van der Waals surface area (Å²) in [7, 11) is 1.84. The van der Waals surface area contributed by atoms with E-state index in [2.05, 4.69) is 10.4 Å². The minimum atomic E-state index is -0.154. The fraction of sp³-hybridized carbons (Fsp3) is 0.286. The summed E-state index contributed by atoms with van der Waals surface area (Å²) in [6.45, 7) is 4.44. The monoisotopic (exact) mass is 259 g/mol. The summed E-state index contributed by atoms with van der Waals surface area (Å²) < 4.78 is 7.05. The highest BCUT2D eigenvalue weighted by atomic mass is 16.5. The first kappa shape index (κ1) is 13.1. The molecule has 19 heavy (non-hydrogen) atoms. The lowest BCUT2D eigenvalue weighted by Crippen LogP contribution is -2.12. The summed E-state index contributed by atoms with van der Waals surface area (Å²) in [6, 6.07) is 7.06. The third-order valence-corrected chi connectivity index (χ3v) is 2.91. The minimum Gasteiger partial charge on any atom is -0.494 e. The second-order valence-electron chi connectivity index (χ2n) is 4.18. The Bertz CT molecular complexity index is 573. The highest BCUT2D eigenvalue weighted by Crippen LogP contribution is 2.16. The van der Waals surface area contributed by atoms with Crippen LogP contribution in [0.5, 0.6) is 5.75 Å². The van der Waals surface area contributed by atoms with Crippen molar-refractivity contribution in [2.24, 2.45) is 7.05 Å². The SMILES string of the molecule is CCOc1ccc(C(=O)Nc2cnn(C)c2C)cc1. The molecule has 0 atom stereocenters. The fourth-order valence-corrected chi connectivity index (χ4v) is 1.69. The van der Waals surface area contributed by atoms with Gasteiger partial charge in [-0.3, -0.25) is 9.48 Å². The molecule has 100 valence electrons. The van der Waals surface area contributed by atoms with Crippen LogP contribution in [-0.2, 0) is 7.05 Å². The number of aryl methyl sites for hydroxylation is 1. The Balaban J connectivity index is 2.09. The van der Waals surface area contributed by atoms with Crippen LogP contribution in [0.25, 0.3) is 0 Å². The van der Waals surface area contributed by atoms with Crippen molar-refractivity contribution < 1.29 is 9.53 Å². The molecule has 0 fully saturated rings. The zero-order valence-electron chi connectivity index (χ0n) is 11.3. The van der Waals surface area contributed by atoms with Crippen LogP contribution in [0, 0.1) is 6.92 Å². The standard InChI is InChI=1S/C14H17N3O2/c1-4-19-12-7-5-11(6-8-12)14(18)16-13-9-15-17(3)10(13)2/h5-9H,4H2,1-3H3,(H,16,18). The second kappa shape index (κ2) is 5.56. The van der Waals surface area contributed by atoms with Crippen LogP contribution in [0.3, 0.4) is 0 Å². The van der Waals surface area contributed by atoms with E-state index in [9.17, 15) is 4.79 Å². The Morgan fingerprint density at radius 2 is 2.05 bits per heavy atom. The van der Waals surface area contributed by atoms with Crippen LogP contribution in [-0.4, -0.2) is 22.3 Å². The summed E-state index contributed by atoms with van der Waals surface area (Å²) in [6.07, 6.45) is 1.64. The minimum absolute atomic E-state index is 0.154. The van der Waals surface area contributed by atoms with Gasteiger partial charge in [-0.2, -0.15) is 5.10 Å². The molecule has 0 unspecified atom stereocenters. The smallest absolute Gasteiger partial charge is 0.255 e. The molecule has 1 aromatic heterocycles. The van der Waals surface area contributed by atoms with Crippen LogP contribution in [0.4, 0.5) is 5.69 Å². The number of anilines is 1. The highest BCUT2D eigenvalue weighted by Gasteiger charge is 2.10. The van der Waals surface area contributed by atoms with Crippen LogP contribution < -0.4 is 10.1 Å². The van der Waals surface area contributed by atoms with E-state index in [4.69, 9.17) is 4.74 Å². The van der Waals surface area contributed by atoms with E-state index in [-0.39, 0.29) is 5.91 Å². The molecular formula is C14H17N3O2. The number of rotatable bonds is 4. The van der Waals surface area contributed by atoms with E-state index in [1.165, 1.54) is 0 Å². The van der Waals surface area contributed by atoms with Gasteiger partial charge in [-0.1, -0.05) is 0 Å². The summed E-state index contributed by atoms with van der Waals surface area (Å²) in [4.78, 5) is 12.1. The quantitative estimate of drug-likeness (QED) is 0.917. The maximum absolute atomic E-state index is 12.1.